The summed E-state index contributed by atoms with van der Waals surface area (Å²) in [6, 6.07) is 6.94. The number of nitrogens with one attached hydrogen (secondary N) is 1. The van der Waals surface area contributed by atoms with Crippen LogP contribution in [0.1, 0.15) is 30.1 Å². The minimum atomic E-state index is 0.0000140. The van der Waals surface area contributed by atoms with Crippen LogP contribution in [-0.2, 0) is 0 Å². The van der Waals surface area contributed by atoms with E-state index >= 15 is 0 Å². The fraction of sp³-hybridized carbons (Fsp3) is 0.357. The molecule has 0 spiro atoms. The Bertz CT molecular complexity index is 414. The minimum Gasteiger partial charge on any atom is -0.380 e. The SMILES string of the molecule is CCCCN/C(=C/C(=O)c1ccc(Cl)cc1)SC. The highest BCUT2D eigenvalue weighted by atomic mass is 35.5. The molecule has 1 N–H and O–H groups in total. The third-order valence-electron chi connectivity index (χ3n) is 2.44. The van der Waals surface area contributed by atoms with E-state index in [9.17, 15) is 4.79 Å². The largest absolute Gasteiger partial charge is 0.380 e. The van der Waals surface area contributed by atoms with Crippen LogP contribution in [0.2, 0.25) is 5.02 Å². The highest BCUT2D eigenvalue weighted by Crippen LogP contribution is 2.13. The molecule has 0 radical (unpaired) electrons. The molecule has 0 saturated carbocycles. The Hall–Kier alpha value is -0.930. The second-order valence-electron chi connectivity index (χ2n) is 3.86. The average Bonchev–Trinajstić information content (AvgIpc) is 2.38. The van der Waals surface area contributed by atoms with Gasteiger partial charge >= 0.3 is 0 Å². The highest BCUT2D eigenvalue weighted by Gasteiger charge is 2.04. The van der Waals surface area contributed by atoms with E-state index in [-0.39, 0.29) is 5.78 Å². The minimum absolute atomic E-state index is 0.0000140. The summed E-state index contributed by atoms with van der Waals surface area (Å²) in [7, 11) is 0. The second-order valence-corrected chi connectivity index (χ2v) is 5.15. The van der Waals surface area contributed by atoms with Gasteiger partial charge in [0.05, 0.1) is 5.03 Å². The number of hydrogen-bond acceptors (Lipinski definition) is 3. The van der Waals surface area contributed by atoms with E-state index < -0.39 is 0 Å². The lowest BCUT2D eigenvalue weighted by molar-refractivity contribution is 0.104. The summed E-state index contributed by atoms with van der Waals surface area (Å²) >= 11 is 7.34. The number of benzene rings is 1. The Kier molecular flexibility index (Phi) is 6.91. The Balaban J connectivity index is 2.67. The number of carbonyl (C=O) groups is 1. The van der Waals surface area contributed by atoms with E-state index in [2.05, 4.69) is 12.2 Å². The summed E-state index contributed by atoms with van der Waals surface area (Å²) in [5.74, 6) is 0.0000140. The molecule has 0 bridgehead atoms. The Morgan fingerprint density at radius 1 is 1.39 bits per heavy atom. The van der Waals surface area contributed by atoms with Crippen LogP contribution in [0.5, 0.6) is 0 Å². The molecule has 0 unspecified atom stereocenters. The van der Waals surface area contributed by atoms with Crippen LogP contribution in [0.25, 0.3) is 0 Å². The molecule has 2 nitrogen and oxygen atoms in total. The van der Waals surface area contributed by atoms with Crippen molar-refractivity contribution in [2.45, 2.75) is 19.8 Å². The number of carbonyl (C=O) groups excluding carboxylic acids is 1. The molecule has 0 heterocycles. The molecule has 0 aliphatic rings. The molecular weight excluding hydrogens is 266 g/mol. The van der Waals surface area contributed by atoms with Crippen molar-refractivity contribution in [3.8, 4) is 0 Å². The average molecular weight is 284 g/mol. The maximum atomic E-state index is 12.0. The molecule has 0 amide bonds. The van der Waals surface area contributed by atoms with Gasteiger partial charge in [-0.1, -0.05) is 24.9 Å². The van der Waals surface area contributed by atoms with E-state index in [1.54, 1.807) is 42.1 Å². The maximum absolute atomic E-state index is 12.0. The predicted molar refractivity (Wildman–Crippen MR) is 80.3 cm³/mol. The fourth-order valence-electron chi connectivity index (χ4n) is 1.39. The van der Waals surface area contributed by atoms with Crippen molar-refractivity contribution in [2.24, 2.45) is 0 Å². The lowest BCUT2D eigenvalue weighted by Gasteiger charge is -2.07. The lowest BCUT2D eigenvalue weighted by Crippen LogP contribution is -2.13. The normalized spacial score (nSPS) is 11.4. The van der Waals surface area contributed by atoms with Gasteiger partial charge in [0.15, 0.2) is 5.78 Å². The molecule has 98 valence electrons. The molecule has 0 aliphatic heterocycles. The van der Waals surface area contributed by atoms with E-state index in [1.165, 1.54) is 0 Å². The summed E-state index contributed by atoms with van der Waals surface area (Å²) < 4.78 is 0. The Morgan fingerprint density at radius 2 is 2.06 bits per heavy atom. The summed E-state index contributed by atoms with van der Waals surface area (Å²) in [6.45, 7) is 3.04. The fourth-order valence-corrected chi connectivity index (χ4v) is 1.98. The van der Waals surface area contributed by atoms with Gasteiger partial charge in [-0.3, -0.25) is 4.79 Å². The van der Waals surface area contributed by atoms with Gasteiger partial charge < -0.3 is 5.32 Å². The predicted octanol–water partition coefficient (Wildman–Crippen LogP) is 4.12. The zero-order valence-corrected chi connectivity index (χ0v) is 12.3. The number of unbranched alkanes of at least 4 members (excludes halogenated alkanes) is 1. The van der Waals surface area contributed by atoms with E-state index in [0.29, 0.717) is 10.6 Å². The van der Waals surface area contributed by atoms with Crippen LogP contribution >= 0.6 is 23.4 Å². The Labute approximate surface area is 118 Å². The summed E-state index contributed by atoms with van der Waals surface area (Å²) in [5, 5.41) is 4.81. The first kappa shape index (κ1) is 15.1. The summed E-state index contributed by atoms with van der Waals surface area (Å²) in [5.41, 5.74) is 0.656. The quantitative estimate of drug-likeness (QED) is 0.464. The molecule has 1 rings (SSSR count). The molecule has 18 heavy (non-hydrogen) atoms. The highest BCUT2D eigenvalue weighted by molar-refractivity contribution is 8.02. The van der Waals surface area contributed by atoms with Crippen molar-refractivity contribution < 1.29 is 4.79 Å². The smallest absolute Gasteiger partial charge is 0.188 e. The van der Waals surface area contributed by atoms with Gasteiger partial charge in [0.1, 0.15) is 0 Å². The number of ketones is 1. The molecule has 1 aromatic carbocycles. The first-order valence-electron chi connectivity index (χ1n) is 5.96. The number of hydrogen-bond donors (Lipinski definition) is 1. The van der Waals surface area contributed by atoms with Crippen molar-refractivity contribution >= 4 is 29.1 Å². The van der Waals surface area contributed by atoms with Crippen molar-refractivity contribution in [3.05, 3.63) is 46.0 Å². The lowest BCUT2D eigenvalue weighted by atomic mass is 10.1. The topological polar surface area (TPSA) is 29.1 Å². The van der Waals surface area contributed by atoms with E-state index in [0.717, 1.165) is 24.4 Å². The van der Waals surface area contributed by atoms with Gasteiger partial charge in [-0.2, -0.15) is 0 Å². The van der Waals surface area contributed by atoms with Crippen molar-refractivity contribution in [1.29, 1.82) is 0 Å². The van der Waals surface area contributed by atoms with Gasteiger partial charge in [0, 0.05) is 23.2 Å². The van der Waals surface area contributed by atoms with Crippen molar-refractivity contribution in [1.82, 2.24) is 5.32 Å². The summed E-state index contributed by atoms with van der Waals surface area (Å²) in [4.78, 5) is 12.0. The van der Waals surface area contributed by atoms with Crippen LogP contribution in [0.15, 0.2) is 35.4 Å². The number of halogens is 1. The van der Waals surface area contributed by atoms with Crippen LogP contribution in [-0.4, -0.2) is 18.6 Å². The van der Waals surface area contributed by atoms with Gasteiger partial charge in [0.2, 0.25) is 0 Å². The third-order valence-corrected chi connectivity index (χ3v) is 3.39. The molecule has 0 fully saturated rings. The third kappa shape index (κ3) is 5.15. The maximum Gasteiger partial charge on any atom is 0.188 e. The number of allylic oxidation sites excluding steroid dienone is 1. The first-order chi connectivity index (χ1) is 8.67. The molecule has 4 heteroatoms. The monoisotopic (exact) mass is 283 g/mol. The van der Waals surface area contributed by atoms with Crippen LogP contribution < -0.4 is 5.32 Å². The second kappa shape index (κ2) is 8.22. The first-order valence-corrected chi connectivity index (χ1v) is 7.57. The number of rotatable bonds is 7. The van der Waals surface area contributed by atoms with E-state index in [4.69, 9.17) is 11.6 Å². The van der Waals surface area contributed by atoms with Crippen LogP contribution in [0.3, 0.4) is 0 Å². The van der Waals surface area contributed by atoms with Gasteiger partial charge in [-0.05, 0) is 36.9 Å². The molecule has 0 aromatic heterocycles. The molecule has 0 aliphatic carbocycles. The molecule has 0 saturated heterocycles. The zero-order valence-electron chi connectivity index (χ0n) is 10.7. The summed E-state index contributed by atoms with van der Waals surface area (Å²) in [6.07, 6.45) is 5.84. The number of thioether (sulfide) groups is 1. The van der Waals surface area contributed by atoms with Crippen LogP contribution in [0, 0.1) is 0 Å². The van der Waals surface area contributed by atoms with Crippen molar-refractivity contribution in [2.75, 3.05) is 12.8 Å². The van der Waals surface area contributed by atoms with Crippen molar-refractivity contribution in [3.63, 3.8) is 0 Å². The molecule has 0 atom stereocenters. The van der Waals surface area contributed by atoms with E-state index in [1.807, 2.05) is 6.26 Å². The zero-order chi connectivity index (χ0) is 13.4. The standard InChI is InChI=1S/C14H18ClNOS/c1-3-4-9-16-14(18-2)10-13(17)11-5-7-12(15)8-6-11/h5-8,10,16H,3-4,9H2,1-2H3/b14-10-. The van der Waals surface area contributed by atoms with Gasteiger partial charge in [-0.25, -0.2) is 0 Å². The van der Waals surface area contributed by atoms with Gasteiger partial charge in [0.25, 0.3) is 0 Å². The molecule has 1 aromatic rings. The van der Waals surface area contributed by atoms with Crippen LogP contribution in [0.4, 0.5) is 0 Å². The molecular formula is C14H18ClNOS. The Morgan fingerprint density at radius 3 is 2.61 bits per heavy atom. The van der Waals surface area contributed by atoms with Gasteiger partial charge in [-0.15, -0.1) is 11.8 Å².